The summed E-state index contributed by atoms with van der Waals surface area (Å²) in [6.07, 6.45) is 2.61. The molecule has 0 aliphatic heterocycles. The van der Waals surface area contributed by atoms with Crippen molar-refractivity contribution in [1.82, 2.24) is 0 Å². The Morgan fingerprint density at radius 1 is 1.21 bits per heavy atom. The predicted octanol–water partition coefficient (Wildman–Crippen LogP) is 2.51. The van der Waals surface area contributed by atoms with Crippen molar-refractivity contribution < 1.29 is 30.2 Å². The van der Waals surface area contributed by atoms with Gasteiger partial charge in [-0.3, -0.25) is 0 Å². The first-order chi connectivity index (χ1) is 8.50. The van der Waals surface area contributed by atoms with Crippen molar-refractivity contribution in [2.45, 2.75) is 37.6 Å². The first kappa shape index (κ1) is 14.9. The van der Waals surface area contributed by atoms with E-state index in [2.05, 4.69) is 0 Å². The van der Waals surface area contributed by atoms with Gasteiger partial charge in [-0.1, -0.05) is 13.0 Å². The summed E-state index contributed by atoms with van der Waals surface area (Å²) < 4.78 is 40.3. The Hall–Kier alpha value is -0.550. The molecular weight excluding hydrogens is 337 g/mol. The van der Waals surface area contributed by atoms with Crippen LogP contribution in [0.15, 0.2) is 24.3 Å². The number of hydrogen-bond donors (Lipinski definition) is 0. The molecule has 1 aliphatic carbocycles. The van der Waals surface area contributed by atoms with Gasteiger partial charge in [0.25, 0.3) is 0 Å². The van der Waals surface area contributed by atoms with Crippen LogP contribution in [0.4, 0.5) is 13.2 Å². The lowest BCUT2D eigenvalue weighted by Crippen LogP contribution is -3.00. The van der Waals surface area contributed by atoms with Gasteiger partial charge in [0, 0.05) is 23.4 Å². The Morgan fingerprint density at radius 3 is 2.42 bits per heavy atom. The van der Waals surface area contributed by atoms with Crippen molar-refractivity contribution in [2.75, 3.05) is 0 Å². The van der Waals surface area contributed by atoms with Crippen LogP contribution in [-0.4, -0.2) is 0 Å². The van der Waals surface area contributed by atoms with Gasteiger partial charge in [0.05, 0.1) is 10.5 Å². The number of thiophene rings is 1. The maximum Gasteiger partial charge on any atom is 0.600 e. The van der Waals surface area contributed by atoms with Crippen LogP contribution in [0.3, 0.4) is 0 Å². The van der Waals surface area contributed by atoms with E-state index in [9.17, 15) is 13.2 Å². The number of hydrogen-bond acceptors (Lipinski definition) is 0. The van der Waals surface area contributed by atoms with E-state index < -0.39 is 16.0 Å². The second-order valence-electron chi connectivity index (χ2n) is 4.80. The summed E-state index contributed by atoms with van der Waals surface area (Å²) in [5.74, 6) is 0.174. The van der Waals surface area contributed by atoms with Crippen LogP contribution >= 0.6 is 10.5 Å². The molecule has 0 spiro atoms. The standard InChI is InChI=1S/C14H14F3S.BrH/c1-2-9-3-4-11-8-13(10-5-6-10)18(12(11)7-9)14(15,16)17;/h3-4,7-8,10H,2,5-6H2,1H3;1H/q+1;/p-1. The molecule has 5 heteroatoms. The molecule has 2 aromatic rings. The van der Waals surface area contributed by atoms with Crippen molar-refractivity contribution in [3.05, 3.63) is 34.7 Å². The summed E-state index contributed by atoms with van der Waals surface area (Å²) in [4.78, 5) is 0.616. The molecule has 0 bridgehead atoms. The number of aryl methyl sites for hydroxylation is 1. The summed E-state index contributed by atoms with van der Waals surface area (Å²) in [6, 6.07) is 7.30. The van der Waals surface area contributed by atoms with Crippen LogP contribution in [0.2, 0.25) is 0 Å². The van der Waals surface area contributed by atoms with Crippen molar-refractivity contribution in [3.63, 3.8) is 0 Å². The van der Waals surface area contributed by atoms with E-state index in [-0.39, 0.29) is 22.9 Å². The van der Waals surface area contributed by atoms with Crippen LogP contribution in [0.1, 0.15) is 36.1 Å². The van der Waals surface area contributed by atoms with E-state index in [0.29, 0.717) is 9.58 Å². The summed E-state index contributed by atoms with van der Waals surface area (Å²) in [5, 5.41) is 0.773. The first-order valence-electron chi connectivity index (χ1n) is 6.16. The topological polar surface area (TPSA) is 0 Å². The van der Waals surface area contributed by atoms with Gasteiger partial charge in [-0.25, -0.2) is 0 Å². The first-order valence-corrected chi connectivity index (χ1v) is 7.39. The van der Waals surface area contributed by atoms with Crippen LogP contribution in [0.5, 0.6) is 0 Å². The highest BCUT2D eigenvalue weighted by atomic mass is 79.9. The Kier molecular flexibility index (Phi) is 3.98. The molecule has 0 radical (unpaired) electrons. The average molecular weight is 351 g/mol. The highest BCUT2D eigenvalue weighted by Crippen LogP contribution is 2.57. The molecule has 0 amide bonds. The molecule has 1 aliphatic rings. The highest BCUT2D eigenvalue weighted by molar-refractivity contribution is 7.38. The van der Waals surface area contributed by atoms with Crippen LogP contribution < -0.4 is 17.0 Å². The summed E-state index contributed by atoms with van der Waals surface area (Å²) in [5.41, 5.74) is -3.15. The number of alkyl halides is 3. The molecule has 0 nitrogen and oxygen atoms in total. The second kappa shape index (κ2) is 5.09. The second-order valence-corrected chi connectivity index (χ2v) is 6.79. The quantitative estimate of drug-likeness (QED) is 0.730. The predicted molar refractivity (Wildman–Crippen MR) is 69.1 cm³/mol. The average Bonchev–Trinajstić information content (AvgIpc) is 3.07. The maximum atomic E-state index is 13.3. The van der Waals surface area contributed by atoms with E-state index in [0.717, 1.165) is 30.2 Å². The molecule has 1 unspecified atom stereocenters. The lowest BCUT2D eigenvalue weighted by atomic mass is 10.1. The minimum Gasteiger partial charge on any atom is -1.00 e. The van der Waals surface area contributed by atoms with Crippen molar-refractivity contribution in [2.24, 2.45) is 0 Å². The Balaban J connectivity index is 0.00000133. The van der Waals surface area contributed by atoms with Gasteiger partial charge >= 0.3 is 5.51 Å². The van der Waals surface area contributed by atoms with Crippen molar-refractivity contribution in [3.8, 4) is 0 Å². The van der Waals surface area contributed by atoms with E-state index in [1.165, 1.54) is 0 Å². The molecule has 104 valence electrons. The molecule has 0 saturated heterocycles. The molecule has 3 rings (SSSR count). The fourth-order valence-corrected chi connectivity index (χ4v) is 4.56. The monoisotopic (exact) mass is 350 g/mol. The maximum absolute atomic E-state index is 13.3. The minimum atomic E-state index is -4.13. The molecule has 1 aromatic heterocycles. The minimum absolute atomic E-state index is 0. The number of halogens is 4. The molecule has 19 heavy (non-hydrogen) atoms. The molecular formula is C14H14BrF3S. The van der Waals surface area contributed by atoms with E-state index >= 15 is 0 Å². The molecule has 1 heterocycles. The van der Waals surface area contributed by atoms with Crippen LogP contribution in [0, 0.1) is 0 Å². The SMILES string of the molecule is CCc1ccc2cc(C3CC3)[s+](C(F)(F)F)c2c1.[Br-]. The zero-order valence-electron chi connectivity index (χ0n) is 10.4. The lowest BCUT2D eigenvalue weighted by molar-refractivity contribution is -0.0867. The van der Waals surface area contributed by atoms with Gasteiger partial charge in [-0.2, -0.15) is 0 Å². The summed E-state index contributed by atoms with van der Waals surface area (Å²) >= 11 is 0. The van der Waals surface area contributed by atoms with Crippen LogP contribution in [-0.2, 0) is 11.9 Å². The zero-order chi connectivity index (χ0) is 12.9. The van der Waals surface area contributed by atoms with Crippen molar-refractivity contribution >= 4 is 20.6 Å². The molecule has 1 fully saturated rings. The van der Waals surface area contributed by atoms with Crippen LogP contribution in [0.25, 0.3) is 10.1 Å². The fraction of sp³-hybridized carbons (Fsp3) is 0.429. The lowest BCUT2D eigenvalue weighted by Gasteiger charge is -2.00. The van der Waals surface area contributed by atoms with Gasteiger partial charge in [0.2, 0.25) is 0 Å². The largest absolute Gasteiger partial charge is 1.00 e. The molecule has 1 saturated carbocycles. The Morgan fingerprint density at radius 2 is 1.89 bits per heavy atom. The molecule has 0 N–H and O–H groups in total. The highest BCUT2D eigenvalue weighted by Gasteiger charge is 2.51. The van der Waals surface area contributed by atoms with E-state index in [1.54, 1.807) is 12.1 Å². The van der Waals surface area contributed by atoms with Gasteiger partial charge in [0.15, 0.2) is 9.58 Å². The van der Waals surface area contributed by atoms with Crippen molar-refractivity contribution in [1.29, 1.82) is 0 Å². The van der Waals surface area contributed by atoms with Gasteiger partial charge in [-0.15, -0.1) is 13.2 Å². The van der Waals surface area contributed by atoms with Gasteiger partial charge in [-0.05, 0) is 30.9 Å². The molecule has 1 atom stereocenters. The third kappa shape index (κ3) is 2.68. The Labute approximate surface area is 123 Å². The smallest absolute Gasteiger partial charge is 0.600 e. The summed E-state index contributed by atoms with van der Waals surface area (Å²) in [6.45, 7) is 1.97. The number of rotatable bonds is 2. The molecule has 1 aromatic carbocycles. The van der Waals surface area contributed by atoms with E-state index in [1.807, 2.05) is 19.1 Å². The number of benzene rings is 1. The fourth-order valence-electron chi connectivity index (χ4n) is 2.34. The van der Waals surface area contributed by atoms with E-state index in [4.69, 9.17) is 0 Å². The normalized spacial score (nSPS) is 16.5. The third-order valence-electron chi connectivity index (χ3n) is 3.45. The summed E-state index contributed by atoms with van der Waals surface area (Å²) in [7, 11) is -1.68. The number of fused-ring (bicyclic) bond motifs is 1. The van der Waals surface area contributed by atoms with Gasteiger partial charge in [0.1, 0.15) is 0 Å². The van der Waals surface area contributed by atoms with Gasteiger partial charge < -0.3 is 17.0 Å². The third-order valence-corrected chi connectivity index (χ3v) is 5.63. The zero-order valence-corrected chi connectivity index (χ0v) is 12.8. The Bertz CT molecular complexity index is 596.